The fourth-order valence-electron chi connectivity index (χ4n) is 2.71. The van der Waals surface area contributed by atoms with Crippen LogP contribution in [-0.2, 0) is 6.18 Å². The van der Waals surface area contributed by atoms with E-state index >= 15 is 0 Å². The minimum absolute atomic E-state index is 0.0207. The Balaban J connectivity index is 1.79. The quantitative estimate of drug-likeness (QED) is 0.373. The number of rotatable bonds is 5. The molecule has 0 aromatic carbocycles. The summed E-state index contributed by atoms with van der Waals surface area (Å²) in [4.78, 5) is 7.73. The summed E-state index contributed by atoms with van der Waals surface area (Å²) in [5.74, 6) is -0.127. The third-order valence-electron chi connectivity index (χ3n) is 3.90. The van der Waals surface area contributed by atoms with Crippen molar-refractivity contribution in [1.82, 2.24) is 10.3 Å². The summed E-state index contributed by atoms with van der Waals surface area (Å²) < 4.78 is 43.5. The molecule has 1 fully saturated rings. The average Bonchev–Trinajstić information content (AvgIpc) is 2.79. The monoisotopic (exact) mass is 344 g/mol. The Labute approximate surface area is 139 Å². The van der Waals surface area contributed by atoms with Gasteiger partial charge in [0.15, 0.2) is 5.96 Å². The average molecular weight is 344 g/mol. The van der Waals surface area contributed by atoms with Crippen molar-refractivity contribution >= 4 is 5.96 Å². The molecule has 0 radical (unpaired) electrons. The van der Waals surface area contributed by atoms with Gasteiger partial charge in [-0.15, -0.1) is 0 Å². The fourth-order valence-corrected chi connectivity index (χ4v) is 2.71. The number of guanidine groups is 1. The maximum Gasteiger partial charge on any atom is 0.421 e. The Bertz CT molecular complexity index is 540. The summed E-state index contributed by atoms with van der Waals surface area (Å²) in [5, 5.41) is 3.17. The van der Waals surface area contributed by atoms with Crippen LogP contribution in [0.4, 0.5) is 13.2 Å². The lowest BCUT2D eigenvalue weighted by Gasteiger charge is -2.16. The molecule has 3 N–H and O–H groups in total. The van der Waals surface area contributed by atoms with Crippen LogP contribution in [0.15, 0.2) is 23.3 Å². The first-order chi connectivity index (χ1) is 11.5. The van der Waals surface area contributed by atoms with Crippen molar-refractivity contribution in [1.29, 1.82) is 0 Å². The van der Waals surface area contributed by atoms with Gasteiger partial charge in [-0.25, -0.2) is 9.98 Å². The molecule has 0 unspecified atom stereocenters. The van der Waals surface area contributed by atoms with Gasteiger partial charge in [0.25, 0.3) is 0 Å². The Hall–Kier alpha value is -1.99. The Morgan fingerprint density at radius 1 is 1.29 bits per heavy atom. The van der Waals surface area contributed by atoms with E-state index in [9.17, 15) is 13.2 Å². The predicted molar refractivity (Wildman–Crippen MR) is 85.8 cm³/mol. The van der Waals surface area contributed by atoms with Crippen molar-refractivity contribution < 1.29 is 17.9 Å². The number of nitrogens with zero attached hydrogens (tertiary/aromatic N) is 2. The first-order valence-electron chi connectivity index (χ1n) is 8.18. The van der Waals surface area contributed by atoms with Crippen LogP contribution in [0, 0.1) is 0 Å². The molecule has 1 heterocycles. The molecule has 1 aromatic heterocycles. The first-order valence-corrected chi connectivity index (χ1v) is 8.18. The molecule has 134 valence electrons. The van der Waals surface area contributed by atoms with Crippen LogP contribution in [-0.4, -0.2) is 30.1 Å². The minimum Gasteiger partial charge on any atom is -0.475 e. The lowest BCUT2D eigenvalue weighted by Crippen LogP contribution is -2.40. The lowest BCUT2D eigenvalue weighted by molar-refractivity contribution is -0.139. The smallest absolute Gasteiger partial charge is 0.421 e. The van der Waals surface area contributed by atoms with Gasteiger partial charge in [0.05, 0.1) is 6.54 Å². The van der Waals surface area contributed by atoms with E-state index in [1.165, 1.54) is 37.9 Å². The SMILES string of the molecule is NC(=NCCOc1ncccc1C(F)(F)F)NC1CCCCCC1. The summed E-state index contributed by atoms with van der Waals surface area (Å²) in [5.41, 5.74) is 4.93. The molecule has 0 aliphatic heterocycles. The molecule has 0 bridgehead atoms. The molecule has 1 aliphatic rings. The summed E-state index contributed by atoms with van der Waals surface area (Å²) in [6.07, 6.45) is 3.74. The number of alkyl halides is 3. The molecule has 0 spiro atoms. The van der Waals surface area contributed by atoms with E-state index in [0.717, 1.165) is 18.9 Å². The molecular formula is C16H23F3N4O. The predicted octanol–water partition coefficient (Wildman–Crippen LogP) is 3.11. The number of pyridine rings is 1. The zero-order valence-electron chi connectivity index (χ0n) is 13.5. The highest BCUT2D eigenvalue weighted by Crippen LogP contribution is 2.34. The number of hydrogen-bond acceptors (Lipinski definition) is 3. The van der Waals surface area contributed by atoms with Crippen molar-refractivity contribution in [2.24, 2.45) is 10.7 Å². The van der Waals surface area contributed by atoms with Gasteiger partial charge in [0.1, 0.15) is 12.2 Å². The fraction of sp³-hybridized carbons (Fsp3) is 0.625. The zero-order valence-corrected chi connectivity index (χ0v) is 13.5. The van der Waals surface area contributed by atoms with Gasteiger partial charge >= 0.3 is 6.18 Å². The molecule has 0 saturated heterocycles. The Kier molecular flexibility index (Phi) is 6.69. The highest BCUT2D eigenvalue weighted by molar-refractivity contribution is 5.78. The summed E-state index contributed by atoms with van der Waals surface area (Å²) in [6.45, 7) is 0.145. The summed E-state index contributed by atoms with van der Waals surface area (Å²) in [7, 11) is 0. The number of halogens is 3. The van der Waals surface area contributed by atoms with Crippen molar-refractivity contribution in [3.63, 3.8) is 0 Å². The molecule has 1 aromatic rings. The van der Waals surface area contributed by atoms with E-state index in [2.05, 4.69) is 15.3 Å². The van der Waals surface area contributed by atoms with Gasteiger partial charge < -0.3 is 15.8 Å². The van der Waals surface area contributed by atoms with Crippen LogP contribution in [0.2, 0.25) is 0 Å². The molecule has 0 amide bonds. The maximum absolute atomic E-state index is 12.8. The maximum atomic E-state index is 12.8. The van der Waals surface area contributed by atoms with E-state index in [0.29, 0.717) is 12.0 Å². The molecule has 1 aliphatic carbocycles. The van der Waals surface area contributed by atoms with E-state index in [-0.39, 0.29) is 13.2 Å². The van der Waals surface area contributed by atoms with Gasteiger partial charge in [0, 0.05) is 12.2 Å². The van der Waals surface area contributed by atoms with Crippen LogP contribution < -0.4 is 15.8 Å². The molecule has 1 saturated carbocycles. The summed E-state index contributed by atoms with van der Waals surface area (Å²) in [6, 6.07) is 2.49. The lowest BCUT2D eigenvalue weighted by atomic mass is 10.1. The van der Waals surface area contributed by atoms with Crippen LogP contribution in [0.25, 0.3) is 0 Å². The molecule has 5 nitrogen and oxygen atoms in total. The minimum atomic E-state index is -4.49. The molecule has 0 atom stereocenters. The third-order valence-corrected chi connectivity index (χ3v) is 3.90. The van der Waals surface area contributed by atoms with Gasteiger partial charge in [-0.05, 0) is 25.0 Å². The Morgan fingerprint density at radius 3 is 2.67 bits per heavy atom. The van der Waals surface area contributed by atoms with E-state index < -0.39 is 17.6 Å². The van der Waals surface area contributed by atoms with Crippen LogP contribution >= 0.6 is 0 Å². The Morgan fingerprint density at radius 2 is 2.00 bits per heavy atom. The largest absolute Gasteiger partial charge is 0.475 e. The van der Waals surface area contributed by atoms with E-state index in [1.54, 1.807) is 0 Å². The number of aromatic nitrogens is 1. The van der Waals surface area contributed by atoms with Crippen LogP contribution in [0.1, 0.15) is 44.1 Å². The highest BCUT2D eigenvalue weighted by atomic mass is 19.4. The van der Waals surface area contributed by atoms with E-state index in [1.807, 2.05) is 0 Å². The number of nitrogens with one attached hydrogen (secondary N) is 1. The van der Waals surface area contributed by atoms with Gasteiger partial charge in [-0.1, -0.05) is 25.7 Å². The van der Waals surface area contributed by atoms with Gasteiger partial charge in [-0.3, -0.25) is 0 Å². The number of nitrogens with two attached hydrogens (primary N) is 1. The second kappa shape index (κ2) is 8.75. The van der Waals surface area contributed by atoms with Crippen molar-refractivity contribution in [2.45, 2.75) is 50.7 Å². The topological polar surface area (TPSA) is 72.5 Å². The highest BCUT2D eigenvalue weighted by Gasteiger charge is 2.34. The van der Waals surface area contributed by atoms with Gasteiger partial charge in [0.2, 0.25) is 5.88 Å². The molecular weight excluding hydrogens is 321 g/mol. The van der Waals surface area contributed by atoms with Crippen molar-refractivity contribution in [3.8, 4) is 5.88 Å². The number of ether oxygens (including phenoxy) is 1. The summed E-state index contributed by atoms with van der Waals surface area (Å²) >= 11 is 0. The zero-order chi connectivity index (χ0) is 17.4. The molecule has 24 heavy (non-hydrogen) atoms. The standard InChI is InChI=1S/C16H23F3N4O/c17-16(18,19)13-8-5-9-21-14(13)24-11-10-22-15(20)23-12-6-3-1-2-4-7-12/h5,8-9,12H,1-4,6-7,10-11H2,(H3,20,22,23). The van der Waals surface area contributed by atoms with Crippen LogP contribution in [0.5, 0.6) is 5.88 Å². The second-order valence-electron chi connectivity index (χ2n) is 5.80. The molecule has 8 heteroatoms. The first kappa shape index (κ1) is 18.4. The van der Waals surface area contributed by atoms with E-state index in [4.69, 9.17) is 10.5 Å². The number of aliphatic imine (C=N–C) groups is 1. The van der Waals surface area contributed by atoms with Gasteiger partial charge in [-0.2, -0.15) is 13.2 Å². The third kappa shape index (κ3) is 5.90. The normalized spacial score (nSPS) is 17.4. The molecule has 2 rings (SSSR count). The van der Waals surface area contributed by atoms with Crippen molar-refractivity contribution in [2.75, 3.05) is 13.2 Å². The van der Waals surface area contributed by atoms with Crippen molar-refractivity contribution in [3.05, 3.63) is 23.9 Å². The second-order valence-corrected chi connectivity index (χ2v) is 5.80. The number of hydrogen-bond donors (Lipinski definition) is 2. The van der Waals surface area contributed by atoms with Crippen LogP contribution in [0.3, 0.4) is 0 Å².